The number of carbonyl (C=O) groups excluding carboxylic acids is 1. The monoisotopic (exact) mass is 309 g/mol. The molecule has 2 aromatic rings. The molecule has 96 valence electrons. The lowest BCUT2D eigenvalue weighted by atomic mass is 10.1. The molecule has 0 aliphatic carbocycles. The Labute approximate surface area is 125 Å². The largest absolute Gasteiger partial charge is 0.282 e. The van der Waals surface area contributed by atoms with Crippen LogP contribution in [0.5, 0.6) is 0 Å². The average Bonchev–Trinajstić information content (AvgIpc) is 2.54. The lowest BCUT2D eigenvalue weighted by Crippen LogP contribution is -2.15. The van der Waals surface area contributed by atoms with Crippen LogP contribution in [-0.2, 0) is 10.5 Å². The Morgan fingerprint density at radius 2 is 1.74 bits per heavy atom. The Hall–Kier alpha value is -1.16. The molecule has 2 nitrogen and oxygen atoms in total. The highest BCUT2D eigenvalue weighted by molar-refractivity contribution is 7.98. The molecule has 1 aliphatic heterocycles. The molecule has 0 unspecified atom stereocenters. The summed E-state index contributed by atoms with van der Waals surface area (Å²) >= 11 is 13.8. The molecule has 0 aromatic heterocycles. The zero-order chi connectivity index (χ0) is 13.4. The number of hydrogen-bond donors (Lipinski definition) is 0. The van der Waals surface area contributed by atoms with Crippen LogP contribution in [0, 0.1) is 0 Å². The molecule has 0 atom stereocenters. The summed E-state index contributed by atoms with van der Waals surface area (Å²) in [7, 11) is 0. The normalized spacial score (nSPS) is 13.5. The van der Waals surface area contributed by atoms with Gasteiger partial charge in [0, 0.05) is 20.7 Å². The third-order valence-electron chi connectivity index (χ3n) is 2.98. The Balaban J connectivity index is 2.23. The van der Waals surface area contributed by atoms with E-state index in [1.165, 1.54) is 0 Å². The van der Waals surface area contributed by atoms with E-state index in [0.717, 1.165) is 34.0 Å². The Morgan fingerprint density at radius 1 is 1.05 bits per heavy atom. The first-order chi connectivity index (χ1) is 9.19. The van der Waals surface area contributed by atoms with Crippen molar-refractivity contribution >= 4 is 52.7 Å². The second-order valence-electron chi connectivity index (χ2n) is 4.15. The van der Waals surface area contributed by atoms with Crippen molar-refractivity contribution in [1.29, 1.82) is 0 Å². The summed E-state index contributed by atoms with van der Waals surface area (Å²) in [6.45, 7) is 0. The first kappa shape index (κ1) is 12.9. The molecule has 1 amide bonds. The first-order valence-electron chi connectivity index (χ1n) is 5.64. The Morgan fingerprint density at radius 3 is 2.47 bits per heavy atom. The van der Waals surface area contributed by atoms with Crippen molar-refractivity contribution in [2.24, 2.45) is 0 Å². The van der Waals surface area contributed by atoms with Gasteiger partial charge in [-0.25, -0.2) is 0 Å². The van der Waals surface area contributed by atoms with Crippen molar-refractivity contribution < 1.29 is 4.79 Å². The highest BCUT2D eigenvalue weighted by Crippen LogP contribution is 2.43. The Bertz CT molecular complexity index is 606. The quantitative estimate of drug-likeness (QED) is 0.699. The minimum absolute atomic E-state index is 0.608. The van der Waals surface area contributed by atoms with Crippen LogP contribution in [0.15, 0.2) is 41.3 Å². The molecular weight excluding hydrogens is 301 g/mol. The predicted molar refractivity (Wildman–Crippen MR) is 80.7 cm³/mol. The van der Waals surface area contributed by atoms with E-state index in [1.54, 1.807) is 22.7 Å². The third-order valence-corrected chi connectivity index (χ3v) is 4.56. The zero-order valence-corrected chi connectivity index (χ0v) is 12.1. The molecule has 0 bridgehead atoms. The molecule has 0 saturated carbocycles. The van der Waals surface area contributed by atoms with Crippen molar-refractivity contribution in [2.75, 3.05) is 4.90 Å². The van der Waals surface area contributed by atoms with Gasteiger partial charge in [0.1, 0.15) is 0 Å². The summed E-state index contributed by atoms with van der Waals surface area (Å²) in [6.07, 6.45) is 0.802. The minimum atomic E-state index is 0.608. The lowest BCUT2D eigenvalue weighted by molar-refractivity contribution is -0.106. The van der Waals surface area contributed by atoms with Gasteiger partial charge >= 0.3 is 0 Å². The van der Waals surface area contributed by atoms with E-state index in [2.05, 4.69) is 0 Å². The Kier molecular flexibility index (Phi) is 3.44. The molecule has 0 N–H and O–H groups in total. The van der Waals surface area contributed by atoms with Gasteiger partial charge in [-0.05, 0) is 35.9 Å². The van der Waals surface area contributed by atoms with Gasteiger partial charge in [-0.1, -0.05) is 29.3 Å². The van der Waals surface area contributed by atoms with E-state index in [1.807, 2.05) is 30.3 Å². The molecule has 3 rings (SSSR count). The molecule has 1 heterocycles. The van der Waals surface area contributed by atoms with Crippen molar-refractivity contribution in [3.8, 4) is 0 Å². The molecule has 0 saturated heterocycles. The second kappa shape index (κ2) is 5.08. The first-order valence-corrected chi connectivity index (χ1v) is 7.38. The number of anilines is 2. The van der Waals surface area contributed by atoms with Crippen molar-refractivity contribution in [1.82, 2.24) is 0 Å². The highest BCUT2D eigenvalue weighted by atomic mass is 35.5. The fourth-order valence-corrected chi connectivity index (χ4v) is 3.44. The lowest BCUT2D eigenvalue weighted by Gasteiger charge is -2.20. The molecule has 0 fully saturated rings. The van der Waals surface area contributed by atoms with E-state index < -0.39 is 0 Å². The fraction of sp³-hybridized carbons (Fsp3) is 0.0714. The summed E-state index contributed by atoms with van der Waals surface area (Å²) in [5.74, 6) is 0.797. The summed E-state index contributed by atoms with van der Waals surface area (Å²) in [4.78, 5) is 14.1. The number of halogens is 2. The maximum atomic E-state index is 11.5. The number of nitrogens with zero attached hydrogens (tertiary/aromatic N) is 1. The standard InChI is InChI=1S/C14H9Cl2NOS/c15-10-2-1-9-7-19-14-4-3-11(16)6-13(14)17(8-18)12(9)5-10/h1-6,8H,7H2. The van der Waals surface area contributed by atoms with Crippen molar-refractivity contribution in [2.45, 2.75) is 10.6 Å². The molecule has 5 heteroatoms. The summed E-state index contributed by atoms with van der Waals surface area (Å²) in [5.41, 5.74) is 2.69. The zero-order valence-electron chi connectivity index (χ0n) is 9.77. The van der Waals surface area contributed by atoms with E-state index in [-0.39, 0.29) is 0 Å². The fourth-order valence-electron chi connectivity index (χ4n) is 2.08. The number of benzene rings is 2. The maximum Gasteiger partial charge on any atom is 0.218 e. The molecule has 0 radical (unpaired) electrons. The van der Waals surface area contributed by atoms with Gasteiger partial charge < -0.3 is 0 Å². The van der Waals surface area contributed by atoms with E-state index in [9.17, 15) is 4.79 Å². The number of hydrogen-bond acceptors (Lipinski definition) is 2. The SMILES string of the molecule is O=CN1c2cc(Cl)ccc2CSc2ccc(Cl)cc21. The van der Waals surface area contributed by atoms with E-state index in [0.29, 0.717) is 10.0 Å². The summed E-state index contributed by atoms with van der Waals surface area (Å²) in [6, 6.07) is 11.2. The van der Waals surface area contributed by atoms with Gasteiger partial charge in [-0.15, -0.1) is 11.8 Å². The van der Waals surface area contributed by atoms with Crippen LogP contribution in [0.4, 0.5) is 11.4 Å². The van der Waals surface area contributed by atoms with Crippen molar-refractivity contribution in [3.63, 3.8) is 0 Å². The van der Waals surface area contributed by atoms with Gasteiger partial charge in [0.15, 0.2) is 0 Å². The van der Waals surface area contributed by atoms with Gasteiger partial charge in [0.05, 0.1) is 11.4 Å². The van der Waals surface area contributed by atoms with E-state index in [4.69, 9.17) is 23.2 Å². The van der Waals surface area contributed by atoms with Gasteiger partial charge in [-0.2, -0.15) is 0 Å². The third kappa shape index (κ3) is 2.34. The average molecular weight is 310 g/mol. The van der Waals surface area contributed by atoms with Crippen LogP contribution >= 0.6 is 35.0 Å². The summed E-state index contributed by atoms with van der Waals surface area (Å²) < 4.78 is 0. The molecule has 0 spiro atoms. The van der Waals surface area contributed by atoms with Crippen LogP contribution in [0.1, 0.15) is 5.56 Å². The summed E-state index contributed by atoms with van der Waals surface area (Å²) in [5, 5.41) is 1.22. The predicted octanol–water partition coefficient (Wildman–Crippen LogP) is 4.89. The van der Waals surface area contributed by atoms with Gasteiger partial charge in [-0.3, -0.25) is 9.69 Å². The maximum absolute atomic E-state index is 11.5. The van der Waals surface area contributed by atoms with E-state index >= 15 is 0 Å². The smallest absolute Gasteiger partial charge is 0.218 e. The number of amides is 1. The molecule has 19 heavy (non-hydrogen) atoms. The number of carbonyl (C=O) groups is 1. The van der Waals surface area contributed by atoms with Crippen LogP contribution in [0.2, 0.25) is 10.0 Å². The van der Waals surface area contributed by atoms with Crippen LogP contribution in [0.25, 0.3) is 0 Å². The molecule has 2 aromatic carbocycles. The molecule has 1 aliphatic rings. The van der Waals surface area contributed by atoms with Crippen LogP contribution < -0.4 is 4.90 Å². The van der Waals surface area contributed by atoms with Gasteiger partial charge in [0.2, 0.25) is 6.41 Å². The molecular formula is C14H9Cl2NOS. The minimum Gasteiger partial charge on any atom is -0.282 e. The topological polar surface area (TPSA) is 20.3 Å². The number of thioether (sulfide) groups is 1. The highest BCUT2D eigenvalue weighted by Gasteiger charge is 2.21. The van der Waals surface area contributed by atoms with Gasteiger partial charge in [0.25, 0.3) is 0 Å². The number of fused-ring (bicyclic) bond motifs is 2. The van der Waals surface area contributed by atoms with Crippen molar-refractivity contribution in [3.05, 3.63) is 52.0 Å². The number of rotatable bonds is 1. The second-order valence-corrected chi connectivity index (χ2v) is 6.04. The van der Waals surface area contributed by atoms with Crippen LogP contribution in [0.3, 0.4) is 0 Å². The van der Waals surface area contributed by atoms with Crippen LogP contribution in [-0.4, -0.2) is 6.41 Å².